The van der Waals surface area contributed by atoms with Crippen molar-refractivity contribution in [3.8, 4) is 34.1 Å². The summed E-state index contributed by atoms with van der Waals surface area (Å²) in [5.74, 6) is 1.68. The summed E-state index contributed by atoms with van der Waals surface area (Å²) in [5, 5.41) is 17.6. The number of rotatable bonds is 6. The van der Waals surface area contributed by atoms with Crippen molar-refractivity contribution in [1.29, 1.82) is 5.26 Å². The standard InChI is InChI=1S/C26H18F2IN7O/c27-26(28)36-13-19(11-33-36)17-7-23(25-18(8-30)10-32-35(25)12-17)16-1-6-24(31-9-16)34-14-22(15-34)37-21-4-2-20(29)3-5-21/h1-7,9-13,22,26H,14-15H2. The highest BCUT2D eigenvalue weighted by Crippen LogP contribution is 2.33. The molecule has 1 aromatic carbocycles. The van der Waals surface area contributed by atoms with Crippen LogP contribution in [0.15, 0.2) is 73.4 Å². The zero-order valence-corrected chi connectivity index (χ0v) is 21.3. The molecule has 0 amide bonds. The highest BCUT2D eigenvalue weighted by Gasteiger charge is 2.29. The fourth-order valence-corrected chi connectivity index (χ4v) is 4.67. The summed E-state index contributed by atoms with van der Waals surface area (Å²) in [6.07, 6.45) is 7.69. The summed E-state index contributed by atoms with van der Waals surface area (Å²) in [5.41, 5.74) is 3.69. The molecule has 0 atom stereocenters. The number of aromatic nitrogens is 5. The average Bonchev–Trinajstić information content (AvgIpc) is 3.54. The van der Waals surface area contributed by atoms with E-state index in [2.05, 4.69) is 48.7 Å². The molecule has 1 saturated heterocycles. The molecule has 0 bridgehead atoms. The third-order valence-corrected chi connectivity index (χ3v) is 6.93. The van der Waals surface area contributed by atoms with Gasteiger partial charge in [0.05, 0.1) is 36.6 Å². The molecule has 5 heterocycles. The number of hydrogen-bond donors (Lipinski definition) is 0. The Kier molecular flexibility index (Phi) is 5.96. The van der Waals surface area contributed by atoms with Gasteiger partial charge in [-0.15, -0.1) is 0 Å². The largest absolute Gasteiger partial charge is 0.487 e. The molecule has 0 saturated carbocycles. The van der Waals surface area contributed by atoms with Crippen LogP contribution in [-0.4, -0.2) is 43.6 Å². The summed E-state index contributed by atoms with van der Waals surface area (Å²) in [4.78, 5) is 6.78. The number of ether oxygens (including phenoxy) is 1. The van der Waals surface area contributed by atoms with Gasteiger partial charge in [-0.3, -0.25) is 0 Å². The fraction of sp³-hybridized carbons (Fsp3) is 0.154. The molecule has 0 unspecified atom stereocenters. The summed E-state index contributed by atoms with van der Waals surface area (Å²) in [7, 11) is 0. The molecule has 11 heteroatoms. The van der Waals surface area contributed by atoms with Gasteiger partial charge in [-0.05, 0) is 65.1 Å². The van der Waals surface area contributed by atoms with Crippen molar-refractivity contribution >= 4 is 33.9 Å². The van der Waals surface area contributed by atoms with Gasteiger partial charge in [-0.2, -0.15) is 24.2 Å². The Balaban J connectivity index is 1.26. The molecule has 0 radical (unpaired) electrons. The van der Waals surface area contributed by atoms with Gasteiger partial charge in [0, 0.05) is 44.4 Å². The van der Waals surface area contributed by atoms with E-state index in [1.807, 2.05) is 42.5 Å². The fourth-order valence-electron chi connectivity index (χ4n) is 4.31. The Hall–Kier alpha value is -4.05. The van der Waals surface area contributed by atoms with Crippen LogP contribution in [0.25, 0.3) is 27.8 Å². The lowest BCUT2D eigenvalue weighted by Gasteiger charge is -2.39. The highest BCUT2D eigenvalue weighted by atomic mass is 127. The normalized spacial score (nSPS) is 13.6. The molecule has 184 valence electrons. The minimum Gasteiger partial charge on any atom is -0.487 e. The summed E-state index contributed by atoms with van der Waals surface area (Å²) in [6, 6.07) is 15.8. The number of nitriles is 1. The minimum absolute atomic E-state index is 0.0944. The maximum atomic E-state index is 13.1. The van der Waals surface area contributed by atoms with Gasteiger partial charge >= 0.3 is 6.55 Å². The van der Waals surface area contributed by atoms with Gasteiger partial charge < -0.3 is 9.64 Å². The monoisotopic (exact) mass is 609 g/mol. The second kappa shape index (κ2) is 9.44. The molecule has 5 aromatic rings. The molecule has 1 aliphatic rings. The Morgan fingerprint density at radius 2 is 1.78 bits per heavy atom. The lowest BCUT2D eigenvalue weighted by molar-refractivity contribution is 0.0566. The summed E-state index contributed by atoms with van der Waals surface area (Å²) < 4.78 is 35.5. The first-order valence-corrected chi connectivity index (χ1v) is 12.4. The molecule has 37 heavy (non-hydrogen) atoms. The lowest BCUT2D eigenvalue weighted by Crippen LogP contribution is -2.54. The Morgan fingerprint density at radius 3 is 2.46 bits per heavy atom. The van der Waals surface area contributed by atoms with Gasteiger partial charge in [0.1, 0.15) is 23.7 Å². The van der Waals surface area contributed by atoms with E-state index in [-0.39, 0.29) is 6.10 Å². The maximum absolute atomic E-state index is 13.1. The zero-order chi connectivity index (χ0) is 25.5. The topological polar surface area (TPSA) is 84.3 Å². The summed E-state index contributed by atoms with van der Waals surface area (Å²) >= 11 is 2.26. The second-order valence-electron chi connectivity index (χ2n) is 8.60. The number of anilines is 1. The first-order chi connectivity index (χ1) is 18.0. The maximum Gasteiger partial charge on any atom is 0.333 e. The molecule has 1 aliphatic heterocycles. The zero-order valence-electron chi connectivity index (χ0n) is 19.2. The van der Waals surface area contributed by atoms with E-state index in [0.717, 1.165) is 39.4 Å². The van der Waals surface area contributed by atoms with Crippen LogP contribution in [0.2, 0.25) is 0 Å². The number of fused-ring (bicyclic) bond motifs is 1. The third-order valence-electron chi connectivity index (χ3n) is 6.21. The Bertz CT molecular complexity index is 1620. The van der Waals surface area contributed by atoms with Crippen LogP contribution in [0.5, 0.6) is 5.75 Å². The van der Waals surface area contributed by atoms with Gasteiger partial charge in [0.15, 0.2) is 0 Å². The molecule has 1 fully saturated rings. The van der Waals surface area contributed by atoms with E-state index in [1.165, 1.54) is 18.6 Å². The third kappa shape index (κ3) is 4.48. The van der Waals surface area contributed by atoms with Crippen LogP contribution in [0.1, 0.15) is 12.1 Å². The van der Waals surface area contributed by atoms with Crippen LogP contribution in [-0.2, 0) is 0 Å². The van der Waals surface area contributed by atoms with Crippen LogP contribution in [0.3, 0.4) is 0 Å². The van der Waals surface area contributed by atoms with E-state index < -0.39 is 6.55 Å². The van der Waals surface area contributed by atoms with Gasteiger partial charge in [0.25, 0.3) is 0 Å². The van der Waals surface area contributed by atoms with Crippen molar-refractivity contribution in [1.82, 2.24) is 24.4 Å². The highest BCUT2D eigenvalue weighted by molar-refractivity contribution is 14.1. The number of pyridine rings is 2. The Labute approximate surface area is 223 Å². The molecule has 8 nitrogen and oxygen atoms in total. The quantitative estimate of drug-likeness (QED) is 0.240. The second-order valence-corrected chi connectivity index (χ2v) is 9.84. The van der Waals surface area contributed by atoms with Crippen molar-refractivity contribution < 1.29 is 13.5 Å². The van der Waals surface area contributed by atoms with Crippen molar-refractivity contribution in [3.05, 3.63) is 82.6 Å². The average molecular weight is 609 g/mol. The lowest BCUT2D eigenvalue weighted by atomic mass is 10.0. The SMILES string of the molecule is N#Cc1cnn2cc(-c3cnn(C(F)F)c3)cc(-c3ccc(N4CC(Oc5ccc(I)cc5)C4)nc3)c12. The predicted octanol–water partition coefficient (Wildman–Crippen LogP) is 5.40. The van der Waals surface area contributed by atoms with E-state index >= 15 is 0 Å². The van der Waals surface area contributed by atoms with E-state index in [0.29, 0.717) is 26.9 Å². The Morgan fingerprint density at radius 1 is 0.973 bits per heavy atom. The predicted molar refractivity (Wildman–Crippen MR) is 141 cm³/mol. The number of nitrogens with zero attached hydrogens (tertiary/aromatic N) is 7. The molecule has 0 N–H and O–H groups in total. The molecule has 4 aromatic heterocycles. The molecular weight excluding hydrogens is 591 g/mol. The van der Waals surface area contributed by atoms with Gasteiger partial charge in [0.2, 0.25) is 0 Å². The van der Waals surface area contributed by atoms with Gasteiger partial charge in [-0.1, -0.05) is 0 Å². The number of hydrogen-bond acceptors (Lipinski definition) is 6. The molecule has 0 spiro atoms. The van der Waals surface area contributed by atoms with Gasteiger partial charge in [-0.25, -0.2) is 14.2 Å². The van der Waals surface area contributed by atoms with Crippen LogP contribution < -0.4 is 9.64 Å². The number of benzene rings is 1. The molecular formula is C26H18F2IN7O. The van der Waals surface area contributed by atoms with Crippen LogP contribution in [0, 0.1) is 14.9 Å². The van der Waals surface area contributed by atoms with Crippen molar-refractivity contribution in [3.63, 3.8) is 0 Å². The summed E-state index contributed by atoms with van der Waals surface area (Å²) in [6.45, 7) is -1.27. The van der Waals surface area contributed by atoms with E-state index in [1.54, 1.807) is 16.9 Å². The van der Waals surface area contributed by atoms with E-state index in [9.17, 15) is 14.0 Å². The first-order valence-electron chi connectivity index (χ1n) is 11.4. The molecule has 0 aliphatic carbocycles. The van der Waals surface area contributed by atoms with Crippen molar-refractivity contribution in [2.75, 3.05) is 18.0 Å². The van der Waals surface area contributed by atoms with Crippen LogP contribution >= 0.6 is 22.6 Å². The molecule has 6 rings (SSSR count). The van der Waals surface area contributed by atoms with E-state index in [4.69, 9.17) is 4.74 Å². The number of halogens is 3. The first kappa shape index (κ1) is 23.4. The van der Waals surface area contributed by atoms with Crippen molar-refractivity contribution in [2.45, 2.75) is 12.7 Å². The number of alkyl halides is 2. The van der Waals surface area contributed by atoms with Crippen LogP contribution in [0.4, 0.5) is 14.6 Å². The smallest absolute Gasteiger partial charge is 0.333 e. The minimum atomic E-state index is -2.73. The van der Waals surface area contributed by atoms with Crippen molar-refractivity contribution in [2.24, 2.45) is 0 Å².